The second-order valence-corrected chi connectivity index (χ2v) is 6.32. The van der Waals surface area contributed by atoms with Crippen molar-refractivity contribution in [2.75, 3.05) is 26.7 Å². The topological polar surface area (TPSA) is 58.4 Å². The van der Waals surface area contributed by atoms with E-state index in [1.807, 2.05) is 24.1 Å². The summed E-state index contributed by atoms with van der Waals surface area (Å²) in [5.41, 5.74) is 1.51. The quantitative estimate of drug-likeness (QED) is 0.913. The van der Waals surface area contributed by atoms with Crippen molar-refractivity contribution in [3.8, 4) is 11.5 Å². The lowest BCUT2D eigenvalue weighted by molar-refractivity contribution is -0.129. The van der Waals surface area contributed by atoms with Crippen LogP contribution in [-0.2, 0) is 11.2 Å². The Labute approximate surface area is 140 Å². The van der Waals surface area contributed by atoms with Crippen LogP contribution >= 0.6 is 11.6 Å². The zero-order chi connectivity index (χ0) is 16.2. The number of hydrogen-bond acceptors (Lipinski definition) is 4. The second kappa shape index (κ2) is 7.15. The fraction of sp³-hybridized carbons (Fsp3) is 0.412. The third kappa shape index (κ3) is 3.92. The van der Waals surface area contributed by atoms with Gasteiger partial charge in [-0.1, -0.05) is 11.6 Å². The number of rotatable bonds is 5. The Morgan fingerprint density at radius 1 is 1.43 bits per heavy atom. The molecule has 1 saturated heterocycles. The van der Waals surface area contributed by atoms with Gasteiger partial charge in [-0.25, -0.2) is 4.98 Å². The molecule has 1 aliphatic heterocycles. The van der Waals surface area contributed by atoms with Gasteiger partial charge in [0.2, 0.25) is 11.8 Å². The van der Waals surface area contributed by atoms with Gasteiger partial charge in [0.25, 0.3) is 0 Å². The molecule has 0 saturated carbocycles. The van der Waals surface area contributed by atoms with Crippen LogP contribution in [0.5, 0.6) is 0 Å². The van der Waals surface area contributed by atoms with Gasteiger partial charge < -0.3 is 14.6 Å². The average molecular weight is 334 g/mol. The maximum absolute atomic E-state index is 12.4. The van der Waals surface area contributed by atoms with Gasteiger partial charge in [0.05, 0.1) is 12.1 Å². The molecule has 2 aromatic rings. The molecule has 0 spiro atoms. The highest BCUT2D eigenvalue weighted by atomic mass is 35.5. The molecule has 1 fully saturated rings. The standard InChI is InChI=1S/C17H20ClN3O2/c1-19-9-12-6-7-21(10-12)16(22)8-15-11-23-17(20-15)13-2-4-14(18)5-3-13/h2-5,11-12,19H,6-10H2,1H3. The summed E-state index contributed by atoms with van der Waals surface area (Å²) in [7, 11) is 1.94. The van der Waals surface area contributed by atoms with Crippen LogP contribution in [0, 0.1) is 5.92 Å². The number of carbonyl (C=O) groups is 1. The summed E-state index contributed by atoms with van der Waals surface area (Å²) in [4.78, 5) is 18.7. The van der Waals surface area contributed by atoms with E-state index in [1.165, 1.54) is 0 Å². The van der Waals surface area contributed by atoms with Gasteiger partial charge in [-0.2, -0.15) is 0 Å². The summed E-state index contributed by atoms with van der Waals surface area (Å²) in [6, 6.07) is 7.28. The number of hydrogen-bond donors (Lipinski definition) is 1. The Hall–Kier alpha value is -1.85. The van der Waals surface area contributed by atoms with Crippen LogP contribution in [0.4, 0.5) is 0 Å². The van der Waals surface area contributed by atoms with Gasteiger partial charge in [0.15, 0.2) is 0 Å². The predicted octanol–water partition coefficient (Wildman–Crippen LogP) is 2.61. The van der Waals surface area contributed by atoms with E-state index in [0.717, 1.165) is 31.6 Å². The van der Waals surface area contributed by atoms with Gasteiger partial charge in [-0.3, -0.25) is 4.79 Å². The van der Waals surface area contributed by atoms with Gasteiger partial charge in [0.1, 0.15) is 6.26 Å². The van der Waals surface area contributed by atoms with Crippen molar-refractivity contribution in [1.29, 1.82) is 0 Å². The Bertz CT molecular complexity index is 669. The van der Waals surface area contributed by atoms with Crippen molar-refractivity contribution >= 4 is 17.5 Å². The number of benzene rings is 1. The molecule has 23 heavy (non-hydrogen) atoms. The lowest BCUT2D eigenvalue weighted by Crippen LogP contribution is -2.31. The molecule has 1 amide bonds. The smallest absolute Gasteiger partial charge is 0.228 e. The highest BCUT2D eigenvalue weighted by Gasteiger charge is 2.26. The molecule has 0 aliphatic carbocycles. The summed E-state index contributed by atoms with van der Waals surface area (Å²) < 4.78 is 5.48. The zero-order valence-corrected chi connectivity index (χ0v) is 13.8. The zero-order valence-electron chi connectivity index (χ0n) is 13.1. The number of oxazole rings is 1. The van der Waals surface area contributed by atoms with Crippen LogP contribution in [0.25, 0.3) is 11.5 Å². The van der Waals surface area contributed by atoms with E-state index in [2.05, 4.69) is 10.3 Å². The number of likely N-dealkylation sites (tertiary alicyclic amines) is 1. The fourth-order valence-electron chi connectivity index (χ4n) is 2.89. The van der Waals surface area contributed by atoms with Crippen molar-refractivity contribution in [2.24, 2.45) is 5.92 Å². The number of carbonyl (C=O) groups excluding carboxylic acids is 1. The Morgan fingerprint density at radius 3 is 2.96 bits per heavy atom. The van der Waals surface area contributed by atoms with Gasteiger partial charge in [-0.15, -0.1) is 0 Å². The van der Waals surface area contributed by atoms with E-state index in [4.69, 9.17) is 16.0 Å². The molecule has 1 unspecified atom stereocenters. The normalized spacial score (nSPS) is 17.7. The summed E-state index contributed by atoms with van der Waals surface area (Å²) >= 11 is 5.87. The third-order valence-corrected chi connectivity index (χ3v) is 4.36. The van der Waals surface area contributed by atoms with E-state index in [1.54, 1.807) is 18.4 Å². The first-order chi connectivity index (χ1) is 11.2. The minimum absolute atomic E-state index is 0.111. The molecule has 5 nitrogen and oxygen atoms in total. The third-order valence-electron chi connectivity index (χ3n) is 4.11. The molecule has 3 rings (SSSR count). The summed E-state index contributed by atoms with van der Waals surface area (Å²) in [6.07, 6.45) is 2.90. The maximum Gasteiger partial charge on any atom is 0.228 e. The molecule has 1 aromatic carbocycles. The molecule has 1 aliphatic rings. The van der Waals surface area contributed by atoms with Crippen molar-refractivity contribution < 1.29 is 9.21 Å². The van der Waals surface area contributed by atoms with Crippen molar-refractivity contribution in [3.63, 3.8) is 0 Å². The van der Waals surface area contributed by atoms with Gasteiger partial charge >= 0.3 is 0 Å². The largest absolute Gasteiger partial charge is 0.444 e. The van der Waals surface area contributed by atoms with Crippen molar-refractivity contribution in [2.45, 2.75) is 12.8 Å². The highest BCUT2D eigenvalue weighted by Crippen LogP contribution is 2.22. The summed E-state index contributed by atoms with van der Waals surface area (Å²) in [5, 5.41) is 3.84. The van der Waals surface area contributed by atoms with Crippen LogP contribution in [0.15, 0.2) is 34.9 Å². The van der Waals surface area contributed by atoms with E-state index in [0.29, 0.717) is 22.5 Å². The second-order valence-electron chi connectivity index (χ2n) is 5.88. The Kier molecular flexibility index (Phi) is 4.98. The first-order valence-electron chi connectivity index (χ1n) is 7.78. The molecule has 6 heteroatoms. The maximum atomic E-state index is 12.4. The highest BCUT2D eigenvalue weighted by molar-refractivity contribution is 6.30. The van der Waals surface area contributed by atoms with Crippen LogP contribution < -0.4 is 5.32 Å². The SMILES string of the molecule is CNCC1CCN(C(=O)Cc2coc(-c3ccc(Cl)cc3)n2)C1. The molecule has 1 aromatic heterocycles. The van der Waals surface area contributed by atoms with E-state index in [-0.39, 0.29) is 12.3 Å². The monoisotopic (exact) mass is 333 g/mol. The first kappa shape index (κ1) is 16.0. The number of nitrogens with zero attached hydrogens (tertiary/aromatic N) is 2. The lowest BCUT2D eigenvalue weighted by atomic mass is 10.1. The van der Waals surface area contributed by atoms with E-state index >= 15 is 0 Å². The Balaban J connectivity index is 1.61. The fourth-order valence-corrected chi connectivity index (χ4v) is 3.02. The van der Waals surface area contributed by atoms with Crippen molar-refractivity contribution in [3.05, 3.63) is 41.2 Å². The van der Waals surface area contributed by atoms with Gasteiger partial charge in [0, 0.05) is 23.7 Å². The summed E-state index contributed by atoms with van der Waals surface area (Å²) in [5.74, 6) is 1.17. The molecule has 2 heterocycles. The molecule has 0 bridgehead atoms. The van der Waals surface area contributed by atoms with E-state index in [9.17, 15) is 4.79 Å². The van der Waals surface area contributed by atoms with Gasteiger partial charge in [-0.05, 0) is 50.2 Å². The number of nitrogens with one attached hydrogen (secondary N) is 1. The minimum Gasteiger partial charge on any atom is -0.444 e. The number of amides is 1. The number of halogens is 1. The van der Waals surface area contributed by atoms with Crippen LogP contribution in [0.1, 0.15) is 12.1 Å². The lowest BCUT2D eigenvalue weighted by Gasteiger charge is -2.15. The molecular weight excluding hydrogens is 314 g/mol. The van der Waals surface area contributed by atoms with Crippen molar-refractivity contribution in [1.82, 2.24) is 15.2 Å². The molecule has 1 atom stereocenters. The number of aromatic nitrogens is 1. The molecule has 0 radical (unpaired) electrons. The summed E-state index contributed by atoms with van der Waals surface area (Å²) in [6.45, 7) is 2.60. The first-order valence-corrected chi connectivity index (χ1v) is 8.16. The molecular formula is C17H20ClN3O2. The minimum atomic E-state index is 0.111. The Morgan fingerprint density at radius 2 is 2.22 bits per heavy atom. The predicted molar refractivity (Wildman–Crippen MR) is 89.3 cm³/mol. The van der Waals surface area contributed by atoms with Crippen LogP contribution in [-0.4, -0.2) is 42.5 Å². The van der Waals surface area contributed by atoms with Crippen LogP contribution in [0.3, 0.4) is 0 Å². The van der Waals surface area contributed by atoms with E-state index < -0.39 is 0 Å². The average Bonchev–Trinajstić information content (AvgIpc) is 3.18. The molecule has 1 N–H and O–H groups in total. The van der Waals surface area contributed by atoms with Crippen LogP contribution in [0.2, 0.25) is 5.02 Å². The molecule has 122 valence electrons.